The molecule has 2 bridgehead atoms. The lowest BCUT2D eigenvalue weighted by Gasteiger charge is -2.67. The lowest BCUT2D eigenvalue weighted by molar-refractivity contribution is -0.345. The number of nitrogens with one attached hydrogen (secondary N) is 1. The molecular weight excluding hydrogens is 991 g/mol. The molecule has 1 saturated heterocycles. The topological polar surface area (TPSA) is 219 Å². The Labute approximate surface area is 441 Å². The number of hydrogen-bond donors (Lipinski definition) is 3. The van der Waals surface area contributed by atoms with Gasteiger partial charge in [-0.15, -0.1) is 0 Å². The maximum Gasteiger partial charge on any atom is 0.410 e. The average Bonchev–Trinajstić information content (AvgIpc) is 3.36. The summed E-state index contributed by atoms with van der Waals surface area (Å²) in [5.41, 5.74) is -7.11. The molecule has 4 aliphatic rings. The van der Waals surface area contributed by atoms with Crippen LogP contribution in [0.25, 0.3) is 0 Å². The minimum Gasteiger partial charge on any atom is -0.455 e. The number of aliphatic hydroxyl groups is 2. The Morgan fingerprint density at radius 1 is 0.932 bits per heavy atom. The van der Waals surface area contributed by atoms with Crippen LogP contribution < -0.4 is 5.32 Å². The molecule has 3 aliphatic carbocycles. The van der Waals surface area contributed by atoms with Gasteiger partial charge in [0.05, 0.1) is 29.8 Å². The van der Waals surface area contributed by atoms with Crippen molar-refractivity contribution in [2.45, 2.75) is 146 Å². The molecule has 3 N–H and O–H groups in total. The number of rotatable bonds is 18. The van der Waals surface area contributed by atoms with E-state index >= 15 is 9.59 Å². The zero-order chi connectivity index (χ0) is 53.8. The zero-order valence-corrected chi connectivity index (χ0v) is 45.5. The van der Waals surface area contributed by atoms with E-state index in [1.165, 1.54) is 40.7 Å². The van der Waals surface area contributed by atoms with Crippen LogP contribution in [0.3, 0.4) is 0 Å². The number of carbonyl (C=O) groups is 5. The molecule has 402 valence electrons. The van der Waals surface area contributed by atoms with Crippen molar-refractivity contribution in [3.63, 3.8) is 0 Å². The maximum absolute atomic E-state index is 15.7. The number of aromatic nitrogens is 1. The van der Waals surface area contributed by atoms with Crippen molar-refractivity contribution < 1.29 is 67.3 Å². The number of nitrogens with zero attached hydrogens (tertiary/aromatic N) is 2. The highest BCUT2D eigenvalue weighted by molar-refractivity contribution is 8.76. The largest absolute Gasteiger partial charge is 0.455 e. The minimum atomic E-state index is -2.26. The number of amides is 2. The lowest BCUT2D eigenvalue weighted by Crippen LogP contribution is -2.81. The van der Waals surface area contributed by atoms with E-state index in [0.717, 1.165) is 11.4 Å². The number of ketones is 1. The number of benzene rings is 2. The fourth-order valence-corrected chi connectivity index (χ4v) is 13.1. The summed E-state index contributed by atoms with van der Waals surface area (Å²) >= 11 is 0. The van der Waals surface area contributed by atoms with Crippen LogP contribution in [-0.4, -0.2) is 143 Å². The molecule has 0 radical (unpaired) electrons. The number of Topliss-reactive ketones (excluding diaryl/α,β-unsaturated/α-hetero) is 1. The third-order valence-corrected chi connectivity index (χ3v) is 17.4. The Morgan fingerprint density at radius 2 is 1.61 bits per heavy atom. The van der Waals surface area contributed by atoms with Crippen molar-refractivity contribution in [2.75, 3.05) is 39.7 Å². The summed E-state index contributed by atoms with van der Waals surface area (Å²) in [5.74, 6) is -3.37. The zero-order valence-electron chi connectivity index (χ0n) is 43.9. The van der Waals surface area contributed by atoms with Crippen LogP contribution >= 0.6 is 21.6 Å². The van der Waals surface area contributed by atoms with E-state index in [-0.39, 0.29) is 37.3 Å². The molecule has 2 heterocycles. The molecule has 0 spiro atoms. The Balaban J connectivity index is 1.33. The second-order valence-electron chi connectivity index (χ2n) is 21.2. The Kier molecular flexibility index (Phi) is 17.7. The molecule has 1 aromatic heterocycles. The molecule has 19 heteroatoms. The third kappa shape index (κ3) is 11.3. The van der Waals surface area contributed by atoms with Gasteiger partial charge in [-0.25, -0.2) is 24.2 Å². The van der Waals surface area contributed by atoms with Gasteiger partial charge >= 0.3 is 24.1 Å². The van der Waals surface area contributed by atoms with Gasteiger partial charge in [0.25, 0.3) is 0 Å². The number of unbranched alkanes of at least 4 members (excludes halogenated alkanes) is 1. The standard InChI is InChI=1S/C55H71N3O14S2/c1-11-12-27-58(28-29-73-74-39-25-19-20-26-56-39)50(63)70-43(41(34-21-15-13-16-22-34)57-49(62)72-51(3,4)5)48(61)69-36-31-55(65)46(71-47(60)35-23-17-14-18-24-35)44-53(8,37(66-9)30-38-54(44,64)32-68-38)45(59)42(67-10)40(33(36)2)52(55,6)7/h13-26,36-38,41-44,46,64-65H,11-12,27-32H2,1-10H3,(H,57,62). The van der Waals surface area contributed by atoms with Crippen molar-refractivity contribution in [1.82, 2.24) is 15.2 Å². The van der Waals surface area contributed by atoms with Gasteiger partial charge in [-0.3, -0.25) is 4.79 Å². The van der Waals surface area contributed by atoms with E-state index < -0.39 is 113 Å². The number of carbonyl (C=O) groups excluding carboxylic acids is 5. The van der Waals surface area contributed by atoms with E-state index in [9.17, 15) is 24.6 Å². The van der Waals surface area contributed by atoms with Crippen molar-refractivity contribution in [3.8, 4) is 0 Å². The first-order valence-corrected chi connectivity index (χ1v) is 27.4. The van der Waals surface area contributed by atoms with Crippen molar-refractivity contribution in [1.29, 1.82) is 0 Å². The van der Waals surface area contributed by atoms with E-state index in [2.05, 4.69) is 10.3 Å². The van der Waals surface area contributed by atoms with Gasteiger partial charge in [0.2, 0.25) is 6.10 Å². The van der Waals surface area contributed by atoms with Gasteiger partial charge in [-0.1, -0.05) is 92.6 Å². The van der Waals surface area contributed by atoms with Gasteiger partial charge < -0.3 is 53.6 Å². The Hall–Kier alpha value is -5.02. The Bertz CT molecular complexity index is 2510. The second-order valence-corrected chi connectivity index (χ2v) is 23.6. The van der Waals surface area contributed by atoms with E-state index in [1.54, 1.807) is 115 Å². The molecule has 2 aromatic carbocycles. The molecule has 11 unspecified atom stereocenters. The normalized spacial score (nSPS) is 28.9. The van der Waals surface area contributed by atoms with Crippen molar-refractivity contribution in [3.05, 3.63) is 107 Å². The van der Waals surface area contributed by atoms with Gasteiger partial charge in [-0.05, 0) is 92.8 Å². The molecule has 2 saturated carbocycles. The van der Waals surface area contributed by atoms with Crippen LogP contribution in [0.5, 0.6) is 0 Å². The van der Waals surface area contributed by atoms with Gasteiger partial charge in [0, 0.05) is 63.4 Å². The summed E-state index contributed by atoms with van der Waals surface area (Å²) in [4.78, 5) is 79.8. The molecule has 11 atom stereocenters. The molecule has 2 amide bonds. The minimum absolute atomic E-state index is 0.112. The predicted molar refractivity (Wildman–Crippen MR) is 277 cm³/mol. The highest BCUT2D eigenvalue weighted by Crippen LogP contribution is 2.64. The lowest BCUT2D eigenvalue weighted by atomic mass is 9.44. The number of esters is 2. The Morgan fingerprint density at radius 3 is 2.20 bits per heavy atom. The first-order valence-electron chi connectivity index (χ1n) is 25.1. The maximum atomic E-state index is 15.7. The van der Waals surface area contributed by atoms with Gasteiger partial charge in [-0.2, -0.15) is 0 Å². The van der Waals surface area contributed by atoms with Gasteiger partial charge in [0.1, 0.15) is 46.2 Å². The fourth-order valence-electron chi connectivity index (χ4n) is 11.2. The first kappa shape index (κ1) is 56.7. The van der Waals surface area contributed by atoms with Crippen LogP contribution in [0.1, 0.15) is 103 Å². The number of hydrogen-bond acceptors (Lipinski definition) is 17. The summed E-state index contributed by atoms with van der Waals surface area (Å²) in [6.07, 6.45) is -7.20. The summed E-state index contributed by atoms with van der Waals surface area (Å²) in [5, 5.41) is 30.3. The fraction of sp³-hybridized carbons (Fsp3) is 0.564. The summed E-state index contributed by atoms with van der Waals surface area (Å²) in [6.45, 7) is 14.0. The predicted octanol–water partition coefficient (Wildman–Crippen LogP) is 8.08. The summed E-state index contributed by atoms with van der Waals surface area (Å²) in [6, 6.07) is 20.8. The molecule has 3 aromatic rings. The first-order chi connectivity index (χ1) is 35.0. The van der Waals surface area contributed by atoms with E-state index in [4.69, 9.17) is 33.2 Å². The number of pyridine rings is 1. The van der Waals surface area contributed by atoms with Crippen molar-refractivity contribution in [2.24, 2.45) is 16.7 Å². The summed E-state index contributed by atoms with van der Waals surface area (Å²) in [7, 11) is 5.75. The molecule has 74 heavy (non-hydrogen) atoms. The number of ether oxygens (including phenoxy) is 7. The molecule has 7 rings (SSSR count). The summed E-state index contributed by atoms with van der Waals surface area (Å²) < 4.78 is 43.2. The van der Waals surface area contributed by atoms with E-state index in [0.29, 0.717) is 23.3 Å². The monoisotopic (exact) mass is 1060 g/mol. The molecular formula is C55H71N3O14S2. The van der Waals surface area contributed by atoms with Crippen LogP contribution in [-0.2, 0) is 42.7 Å². The highest BCUT2D eigenvalue weighted by Gasteiger charge is 2.77. The van der Waals surface area contributed by atoms with E-state index in [1.807, 2.05) is 25.1 Å². The van der Waals surface area contributed by atoms with Crippen LogP contribution in [0.4, 0.5) is 9.59 Å². The smallest absolute Gasteiger partial charge is 0.410 e. The van der Waals surface area contributed by atoms with Gasteiger partial charge in [0.15, 0.2) is 5.78 Å². The highest BCUT2D eigenvalue weighted by atomic mass is 33.1. The van der Waals surface area contributed by atoms with Crippen LogP contribution in [0, 0.1) is 16.7 Å². The number of methoxy groups -OCH3 is 2. The van der Waals surface area contributed by atoms with Crippen molar-refractivity contribution >= 4 is 51.5 Å². The molecule has 3 fully saturated rings. The third-order valence-electron chi connectivity index (χ3n) is 15.2. The molecule has 1 aliphatic heterocycles. The number of fused-ring (bicyclic) bond motifs is 5. The average molecular weight is 1060 g/mol. The quantitative estimate of drug-likeness (QED) is 0.0360. The van der Waals surface area contributed by atoms with Crippen LogP contribution in [0.2, 0.25) is 0 Å². The number of alkyl carbamates (subject to hydrolysis) is 1. The molecule has 17 nitrogen and oxygen atoms in total. The van der Waals surface area contributed by atoms with Crippen LogP contribution in [0.15, 0.2) is 101 Å². The second kappa shape index (κ2) is 23.1. The SMILES string of the molecule is CCCCN(CCSSc1ccccn1)C(=O)OC(C(=O)OC1CC2(O)C(OC(=O)c3ccccc3)C3C4(O)COC4CC(OC)C3(C)C(=O)C(OC)C(=C1C)C2(C)C)C(NC(=O)OC(C)(C)C)c1ccccc1.